The number of hydrogen-bond donors (Lipinski definition) is 1. The van der Waals surface area contributed by atoms with E-state index in [1.54, 1.807) is 30.3 Å². The first-order valence-corrected chi connectivity index (χ1v) is 3.57. The van der Waals surface area contributed by atoms with Gasteiger partial charge in [-0.2, -0.15) is 0 Å². The Morgan fingerprint density at radius 2 is 1.64 bits per heavy atom. The van der Waals surface area contributed by atoms with Gasteiger partial charge in [0.25, 0.3) is 0 Å². The van der Waals surface area contributed by atoms with Gasteiger partial charge in [-0.3, -0.25) is 0 Å². The van der Waals surface area contributed by atoms with Crippen LogP contribution in [0.25, 0.3) is 0 Å². The summed E-state index contributed by atoms with van der Waals surface area (Å²) in [4.78, 5) is 0.442. The van der Waals surface area contributed by atoms with Crippen LogP contribution in [0.3, 0.4) is 0 Å². The summed E-state index contributed by atoms with van der Waals surface area (Å²) in [6, 6.07) is 8.47. The zero-order valence-corrected chi connectivity index (χ0v) is 5.97. The summed E-state index contributed by atoms with van der Waals surface area (Å²) in [6.07, 6.45) is 0. The van der Waals surface area contributed by atoms with Crippen LogP contribution in [0.2, 0.25) is 0 Å². The Kier molecular flexibility index (Phi) is 8.77. The maximum absolute atomic E-state index is 10.3. The van der Waals surface area contributed by atoms with E-state index in [1.165, 1.54) is 0 Å². The van der Waals surface area contributed by atoms with Crippen molar-refractivity contribution in [3.8, 4) is 0 Å². The molecular formula is C6H9NaO3S. The van der Waals surface area contributed by atoms with E-state index in [-0.39, 0.29) is 35.0 Å². The molecule has 0 aliphatic carbocycles. The second-order valence-electron chi connectivity index (χ2n) is 1.56. The molecule has 0 radical (unpaired) electrons. The number of rotatable bonds is 1. The van der Waals surface area contributed by atoms with Crippen molar-refractivity contribution >= 4 is 40.6 Å². The third-order valence-electron chi connectivity index (χ3n) is 0.945. The molecule has 5 heteroatoms. The summed E-state index contributed by atoms with van der Waals surface area (Å²) >= 11 is -1.83. The molecule has 0 aliphatic heterocycles. The first-order valence-electron chi connectivity index (χ1n) is 2.46. The Balaban J connectivity index is 0. The Hall–Kier alpha value is 0.290. The molecular weight excluding hydrogens is 175 g/mol. The van der Waals surface area contributed by atoms with E-state index in [4.69, 9.17) is 4.55 Å². The van der Waals surface area contributed by atoms with Gasteiger partial charge in [0.2, 0.25) is 0 Å². The fourth-order valence-electron chi connectivity index (χ4n) is 0.537. The molecule has 3 N–H and O–H groups in total. The molecule has 0 bridgehead atoms. The van der Waals surface area contributed by atoms with Gasteiger partial charge in [0.1, 0.15) is 0 Å². The molecule has 1 aromatic carbocycles. The predicted octanol–water partition coefficient (Wildman–Crippen LogP) is -0.206. The molecule has 0 saturated heterocycles. The standard InChI is InChI=1S/C6H6O2S.Na.H2O.H/c7-9(8)6-4-2-1-3-5-6;;;/h1-5H,(H,7,8);;1H2;. The molecule has 0 fully saturated rings. The van der Waals surface area contributed by atoms with Gasteiger partial charge in [-0.25, -0.2) is 4.21 Å². The molecule has 1 rings (SSSR count). The molecule has 0 heterocycles. The van der Waals surface area contributed by atoms with Crippen LogP contribution < -0.4 is 0 Å². The molecule has 0 amide bonds. The van der Waals surface area contributed by atoms with Crippen LogP contribution in [-0.4, -0.2) is 43.8 Å². The summed E-state index contributed by atoms with van der Waals surface area (Å²) in [5.74, 6) is 0. The minimum atomic E-state index is -1.83. The molecule has 0 spiro atoms. The zero-order chi connectivity index (χ0) is 6.69. The zero-order valence-electron chi connectivity index (χ0n) is 5.15. The summed E-state index contributed by atoms with van der Waals surface area (Å²) < 4.78 is 18.8. The van der Waals surface area contributed by atoms with Gasteiger partial charge in [0, 0.05) is 0 Å². The van der Waals surface area contributed by atoms with E-state index >= 15 is 0 Å². The van der Waals surface area contributed by atoms with E-state index < -0.39 is 11.1 Å². The molecule has 3 nitrogen and oxygen atoms in total. The second kappa shape index (κ2) is 6.97. The first kappa shape index (κ1) is 13.9. The fourth-order valence-corrected chi connectivity index (χ4v) is 0.927. The van der Waals surface area contributed by atoms with Crippen LogP contribution in [0.1, 0.15) is 0 Å². The van der Waals surface area contributed by atoms with Gasteiger partial charge in [0.15, 0.2) is 11.1 Å². The number of benzene rings is 1. The second-order valence-corrected chi connectivity index (χ2v) is 2.53. The minimum absolute atomic E-state index is 0. The van der Waals surface area contributed by atoms with E-state index in [9.17, 15) is 4.21 Å². The van der Waals surface area contributed by atoms with Crippen LogP contribution in [0.4, 0.5) is 0 Å². The summed E-state index contributed by atoms with van der Waals surface area (Å²) in [5.41, 5.74) is 0. The average molecular weight is 184 g/mol. The van der Waals surface area contributed by atoms with Crippen LogP contribution in [-0.2, 0) is 11.1 Å². The molecule has 58 valence electrons. The Bertz CT molecular complexity index is 214. The van der Waals surface area contributed by atoms with Crippen molar-refractivity contribution in [2.24, 2.45) is 0 Å². The molecule has 0 aromatic heterocycles. The van der Waals surface area contributed by atoms with Gasteiger partial charge in [-0.05, 0) is 12.1 Å². The van der Waals surface area contributed by atoms with Crippen LogP contribution >= 0.6 is 0 Å². The third kappa shape index (κ3) is 4.68. The summed E-state index contributed by atoms with van der Waals surface area (Å²) in [6.45, 7) is 0. The van der Waals surface area contributed by atoms with Crippen molar-refractivity contribution in [1.29, 1.82) is 0 Å². The van der Waals surface area contributed by atoms with Gasteiger partial charge < -0.3 is 10.0 Å². The van der Waals surface area contributed by atoms with Gasteiger partial charge in [-0.15, -0.1) is 0 Å². The SMILES string of the molecule is O.O=S(O)c1ccccc1.[NaH]. The Morgan fingerprint density at radius 3 is 1.91 bits per heavy atom. The van der Waals surface area contributed by atoms with E-state index in [1.807, 2.05) is 0 Å². The fraction of sp³-hybridized carbons (Fsp3) is 0. The Labute approximate surface area is 89.7 Å². The third-order valence-corrected chi connectivity index (χ3v) is 1.62. The molecule has 1 aromatic rings. The molecule has 0 saturated carbocycles. The summed E-state index contributed by atoms with van der Waals surface area (Å²) in [5, 5.41) is 0. The van der Waals surface area contributed by atoms with Crippen molar-refractivity contribution < 1.29 is 14.2 Å². The average Bonchev–Trinajstić information content (AvgIpc) is 1.90. The van der Waals surface area contributed by atoms with Gasteiger partial charge >= 0.3 is 29.6 Å². The van der Waals surface area contributed by atoms with Crippen molar-refractivity contribution in [2.75, 3.05) is 0 Å². The topological polar surface area (TPSA) is 68.8 Å². The van der Waals surface area contributed by atoms with Gasteiger partial charge in [-0.1, -0.05) is 18.2 Å². The van der Waals surface area contributed by atoms with Crippen molar-refractivity contribution in [1.82, 2.24) is 0 Å². The molecule has 1 unspecified atom stereocenters. The Morgan fingerprint density at radius 1 is 1.18 bits per heavy atom. The number of hydrogen-bond acceptors (Lipinski definition) is 1. The van der Waals surface area contributed by atoms with E-state index in [0.717, 1.165) is 0 Å². The van der Waals surface area contributed by atoms with E-state index in [2.05, 4.69) is 0 Å². The van der Waals surface area contributed by atoms with Crippen molar-refractivity contribution in [3.63, 3.8) is 0 Å². The summed E-state index contributed by atoms with van der Waals surface area (Å²) in [7, 11) is 0. The van der Waals surface area contributed by atoms with Crippen LogP contribution in [0.5, 0.6) is 0 Å². The van der Waals surface area contributed by atoms with Crippen molar-refractivity contribution in [2.45, 2.75) is 4.90 Å². The van der Waals surface area contributed by atoms with Crippen LogP contribution in [0, 0.1) is 0 Å². The quantitative estimate of drug-likeness (QED) is 0.485. The van der Waals surface area contributed by atoms with Crippen LogP contribution in [0.15, 0.2) is 35.2 Å². The van der Waals surface area contributed by atoms with E-state index in [0.29, 0.717) is 4.90 Å². The molecule has 11 heavy (non-hydrogen) atoms. The molecule has 0 aliphatic rings. The normalized spacial score (nSPS) is 10.6. The molecule has 1 atom stereocenters. The maximum atomic E-state index is 10.3. The monoisotopic (exact) mass is 184 g/mol. The van der Waals surface area contributed by atoms with Gasteiger partial charge in [0.05, 0.1) is 4.90 Å². The predicted molar refractivity (Wildman–Crippen MR) is 46.2 cm³/mol. The van der Waals surface area contributed by atoms with Crippen molar-refractivity contribution in [3.05, 3.63) is 30.3 Å². The first-order chi connectivity index (χ1) is 4.30.